The van der Waals surface area contributed by atoms with Gasteiger partial charge in [0.1, 0.15) is 11.4 Å². The van der Waals surface area contributed by atoms with Crippen LogP contribution in [0.25, 0.3) is 11.8 Å². The van der Waals surface area contributed by atoms with Crippen molar-refractivity contribution in [2.75, 3.05) is 0 Å². The van der Waals surface area contributed by atoms with E-state index in [2.05, 4.69) is 9.98 Å². The summed E-state index contributed by atoms with van der Waals surface area (Å²) in [5.74, 6) is -1.36. The van der Waals surface area contributed by atoms with Gasteiger partial charge in [-0.2, -0.15) is 0 Å². The zero-order valence-electron chi connectivity index (χ0n) is 11.2. The quantitative estimate of drug-likeness (QED) is 0.877. The van der Waals surface area contributed by atoms with Crippen LogP contribution < -0.4 is 11.2 Å². The molecule has 0 bridgehead atoms. The van der Waals surface area contributed by atoms with Gasteiger partial charge in [0.2, 0.25) is 5.88 Å². The molecule has 0 spiro atoms. The molecule has 1 aromatic carbocycles. The number of para-hydroxylation sites is 1. The fourth-order valence-corrected chi connectivity index (χ4v) is 2.07. The lowest BCUT2D eigenvalue weighted by Gasteiger charge is -2.10. The highest BCUT2D eigenvalue weighted by Gasteiger charge is 2.16. The van der Waals surface area contributed by atoms with Crippen molar-refractivity contribution in [1.82, 2.24) is 9.55 Å². The molecule has 0 radical (unpaired) electrons. The number of aromatic nitrogens is 2. The number of aromatic hydroxyl groups is 1. The largest absolute Gasteiger partial charge is 0.494 e. The lowest BCUT2D eigenvalue weighted by molar-refractivity contribution is 0.426. The third-order valence-corrected chi connectivity index (χ3v) is 3.08. The maximum absolute atomic E-state index is 13.9. The Bertz CT molecular complexity index is 937. The second kappa shape index (κ2) is 5.28. The van der Waals surface area contributed by atoms with E-state index in [1.807, 2.05) is 0 Å². The van der Waals surface area contributed by atoms with Crippen LogP contribution >= 0.6 is 0 Å². The number of halogens is 1. The number of nitrogens with one attached hydrogen (secondary N) is 1. The Morgan fingerprint density at radius 1 is 1.27 bits per heavy atom. The molecule has 1 aliphatic heterocycles. The lowest BCUT2D eigenvalue weighted by atomic mass is 10.2. The molecule has 0 amide bonds. The van der Waals surface area contributed by atoms with E-state index in [0.717, 1.165) is 6.07 Å². The maximum Gasteiger partial charge on any atom is 0.335 e. The first-order valence-corrected chi connectivity index (χ1v) is 6.33. The molecule has 0 unspecified atom stereocenters. The van der Waals surface area contributed by atoms with E-state index in [0.29, 0.717) is 10.3 Å². The van der Waals surface area contributed by atoms with Gasteiger partial charge in [-0.15, -0.1) is 0 Å². The van der Waals surface area contributed by atoms with Gasteiger partial charge >= 0.3 is 5.69 Å². The molecule has 2 aromatic rings. The molecule has 22 heavy (non-hydrogen) atoms. The van der Waals surface area contributed by atoms with Crippen LogP contribution in [0.4, 0.5) is 4.39 Å². The van der Waals surface area contributed by atoms with Crippen molar-refractivity contribution in [3.63, 3.8) is 0 Å². The Morgan fingerprint density at radius 2 is 2.05 bits per heavy atom. The van der Waals surface area contributed by atoms with Crippen LogP contribution in [0.2, 0.25) is 0 Å². The Morgan fingerprint density at radius 3 is 2.73 bits per heavy atom. The molecule has 0 saturated heterocycles. The maximum atomic E-state index is 13.9. The summed E-state index contributed by atoms with van der Waals surface area (Å²) in [5, 5.41) is 10.2. The minimum absolute atomic E-state index is 0.161. The molecule has 0 aliphatic carbocycles. The molecule has 0 saturated carbocycles. The van der Waals surface area contributed by atoms with Gasteiger partial charge in [0.25, 0.3) is 5.56 Å². The van der Waals surface area contributed by atoms with E-state index in [9.17, 15) is 19.1 Å². The zero-order chi connectivity index (χ0) is 15.7. The Balaban J connectivity index is 2.29. The van der Waals surface area contributed by atoms with E-state index >= 15 is 0 Å². The van der Waals surface area contributed by atoms with Crippen molar-refractivity contribution in [3.8, 4) is 11.6 Å². The molecule has 2 heterocycles. The van der Waals surface area contributed by atoms with Crippen LogP contribution in [-0.2, 0) is 0 Å². The predicted molar refractivity (Wildman–Crippen MR) is 79.9 cm³/mol. The number of hydrogen-bond acceptors (Lipinski definition) is 4. The van der Waals surface area contributed by atoms with Crippen molar-refractivity contribution < 1.29 is 9.50 Å². The zero-order valence-corrected chi connectivity index (χ0v) is 11.2. The summed E-state index contributed by atoms with van der Waals surface area (Å²) < 4.78 is 14.6. The number of rotatable bonds is 2. The Labute approximate surface area is 123 Å². The van der Waals surface area contributed by atoms with Gasteiger partial charge in [0, 0.05) is 6.21 Å². The minimum atomic E-state index is -0.930. The van der Waals surface area contributed by atoms with Crippen LogP contribution in [0, 0.1) is 5.82 Å². The highest BCUT2D eigenvalue weighted by Crippen LogP contribution is 2.21. The molecule has 7 heteroatoms. The number of aliphatic imine (C=N–C) groups is 1. The second-order valence-corrected chi connectivity index (χ2v) is 4.49. The molecule has 1 aromatic heterocycles. The van der Waals surface area contributed by atoms with Crippen LogP contribution in [0.1, 0.15) is 5.56 Å². The monoisotopic (exact) mass is 299 g/mol. The van der Waals surface area contributed by atoms with Gasteiger partial charge in [-0.3, -0.25) is 14.8 Å². The van der Waals surface area contributed by atoms with E-state index < -0.39 is 22.9 Å². The summed E-state index contributed by atoms with van der Waals surface area (Å²) in [7, 11) is 0. The topological polar surface area (TPSA) is 87.5 Å². The average molecular weight is 299 g/mol. The first-order chi connectivity index (χ1) is 10.6. The van der Waals surface area contributed by atoms with Crippen molar-refractivity contribution >= 4 is 12.3 Å². The highest BCUT2D eigenvalue weighted by molar-refractivity contribution is 5.79. The normalized spacial score (nSPS) is 14.9. The summed E-state index contributed by atoms with van der Waals surface area (Å²) >= 11 is 0. The number of H-pyrrole nitrogens is 1. The molecular formula is C15H10FN3O3. The van der Waals surface area contributed by atoms with Gasteiger partial charge in [-0.05, 0) is 30.4 Å². The molecule has 0 fully saturated rings. The average Bonchev–Trinajstić information content (AvgIpc) is 2.98. The van der Waals surface area contributed by atoms with Crippen LogP contribution in [-0.4, -0.2) is 20.9 Å². The van der Waals surface area contributed by atoms with E-state index in [-0.39, 0.29) is 11.3 Å². The van der Waals surface area contributed by atoms with E-state index in [4.69, 9.17) is 0 Å². The highest BCUT2D eigenvalue weighted by atomic mass is 19.1. The summed E-state index contributed by atoms with van der Waals surface area (Å²) in [6.07, 6.45) is 6.11. The van der Waals surface area contributed by atoms with Gasteiger partial charge < -0.3 is 5.11 Å². The summed E-state index contributed by atoms with van der Waals surface area (Å²) in [6.45, 7) is 0. The van der Waals surface area contributed by atoms with Crippen molar-refractivity contribution in [2.24, 2.45) is 4.99 Å². The number of aromatic amines is 1. The summed E-state index contributed by atoms with van der Waals surface area (Å²) in [4.78, 5) is 29.8. The standard InChI is InChI=1S/C15H10FN3O3/c16-11-5-1-2-6-12(11)19-14(21)10(13(20)18-15(19)22)8-9-4-3-7-17-9/h1-8,21H,(H,18,20,22)/b9-8+. The molecule has 1 aliphatic rings. The van der Waals surface area contributed by atoms with Crippen molar-refractivity contribution in [3.05, 3.63) is 74.3 Å². The van der Waals surface area contributed by atoms with Crippen LogP contribution in [0.3, 0.4) is 0 Å². The lowest BCUT2D eigenvalue weighted by Crippen LogP contribution is -2.30. The van der Waals surface area contributed by atoms with Gasteiger partial charge in [-0.25, -0.2) is 13.8 Å². The number of allylic oxidation sites excluding steroid dienone is 2. The third-order valence-electron chi connectivity index (χ3n) is 3.08. The second-order valence-electron chi connectivity index (χ2n) is 4.49. The first-order valence-electron chi connectivity index (χ1n) is 6.33. The molecule has 6 nitrogen and oxygen atoms in total. The van der Waals surface area contributed by atoms with Crippen LogP contribution in [0.15, 0.2) is 56.7 Å². The SMILES string of the molecule is O=c1[nH]c(=O)n(-c2ccccc2F)c(O)c1/C=C1\C=CC=N1. The molecule has 3 rings (SSSR count). The first kappa shape index (κ1) is 13.7. The Kier molecular flexibility index (Phi) is 3.30. The van der Waals surface area contributed by atoms with Crippen molar-refractivity contribution in [2.45, 2.75) is 0 Å². The predicted octanol–water partition coefficient (Wildman–Crippen LogP) is 1.35. The van der Waals surface area contributed by atoms with E-state index in [1.165, 1.54) is 30.5 Å². The number of benzene rings is 1. The molecule has 0 atom stereocenters. The third kappa shape index (κ3) is 2.28. The summed E-state index contributed by atoms with van der Waals surface area (Å²) in [6, 6.07) is 5.43. The van der Waals surface area contributed by atoms with E-state index in [1.54, 1.807) is 12.2 Å². The fraction of sp³-hybridized carbons (Fsp3) is 0. The fourth-order valence-electron chi connectivity index (χ4n) is 2.07. The van der Waals surface area contributed by atoms with Crippen LogP contribution in [0.5, 0.6) is 5.88 Å². The summed E-state index contributed by atoms with van der Waals surface area (Å²) in [5.41, 5.74) is -1.62. The molecule has 2 N–H and O–H groups in total. The van der Waals surface area contributed by atoms with Gasteiger partial charge in [-0.1, -0.05) is 12.1 Å². The Hall–Kier alpha value is -3.22. The minimum Gasteiger partial charge on any atom is -0.494 e. The smallest absolute Gasteiger partial charge is 0.335 e. The van der Waals surface area contributed by atoms with Crippen molar-refractivity contribution in [1.29, 1.82) is 0 Å². The number of hydrogen-bond donors (Lipinski definition) is 2. The molecular weight excluding hydrogens is 289 g/mol. The molecule has 110 valence electrons. The number of nitrogens with zero attached hydrogens (tertiary/aromatic N) is 2. The van der Waals surface area contributed by atoms with Gasteiger partial charge in [0.05, 0.1) is 11.4 Å². The van der Waals surface area contributed by atoms with Gasteiger partial charge in [0.15, 0.2) is 0 Å².